The van der Waals surface area contributed by atoms with Crippen molar-refractivity contribution < 1.29 is 9.13 Å². The summed E-state index contributed by atoms with van der Waals surface area (Å²) in [5.74, 6) is 0. The van der Waals surface area contributed by atoms with Crippen LogP contribution in [0, 0.1) is 0 Å². The van der Waals surface area contributed by atoms with E-state index in [-0.39, 0.29) is 6.04 Å². The minimum atomic E-state index is -0.844. The Kier molecular flexibility index (Phi) is 1.81. The molecule has 0 aromatic carbocycles. The normalized spacial score (nSPS) is 39.8. The van der Waals surface area contributed by atoms with Crippen molar-refractivity contribution in [2.45, 2.75) is 18.6 Å². The summed E-state index contributed by atoms with van der Waals surface area (Å²) < 4.78 is 17.3. The number of rotatable bonds is 0. The maximum atomic E-state index is 12.4. The van der Waals surface area contributed by atoms with Gasteiger partial charge in [0.2, 0.25) is 0 Å². The second-order valence-corrected chi connectivity index (χ2v) is 2.04. The first-order valence-electron chi connectivity index (χ1n) is 2.78. The number of hydrogen-bond acceptors (Lipinski definition) is 2. The van der Waals surface area contributed by atoms with E-state index in [1.807, 2.05) is 0 Å². The van der Waals surface area contributed by atoms with Gasteiger partial charge in [-0.15, -0.1) is 0 Å². The van der Waals surface area contributed by atoms with Crippen LogP contribution in [0.1, 0.15) is 6.42 Å². The molecule has 0 aromatic heterocycles. The number of alkyl halides is 1. The minimum Gasteiger partial charge on any atom is -0.380 e. The Hall–Kier alpha value is -0.150. The Labute approximate surface area is 47.8 Å². The van der Waals surface area contributed by atoms with Gasteiger partial charge in [-0.3, -0.25) is 0 Å². The van der Waals surface area contributed by atoms with Crippen LogP contribution in [0.2, 0.25) is 0 Å². The van der Waals surface area contributed by atoms with E-state index < -0.39 is 6.17 Å². The average Bonchev–Trinajstić information content (AvgIpc) is 1.77. The summed E-state index contributed by atoms with van der Waals surface area (Å²) in [6.45, 7) is 0.899. The molecule has 1 saturated heterocycles. The molecule has 0 aromatic rings. The van der Waals surface area contributed by atoms with Gasteiger partial charge in [-0.25, -0.2) is 4.39 Å². The van der Waals surface area contributed by atoms with Crippen LogP contribution in [0.15, 0.2) is 0 Å². The van der Waals surface area contributed by atoms with Crippen molar-refractivity contribution in [3.05, 3.63) is 0 Å². The number of halogens is 1. The van der Waals surface area contributed by atoms with Crippen LogP contribution in [0.4, 0.5) is 4.39 Å². The number of hydrogen-bond donors (Lipinski definition) is 1. The van der Waals surface area contributed by atoms with Crippen molar-refractivity contribution >= 4 is 0 Å². The highest BCUT2D eigenvalue weighted by Crippen LogP contribution is 2.08. The molecule has 2 nitrogen and oxygen atoms in total. The van der Waals surface area contributed by atoms with Crippen LogP contribution in [-0.4, -0.2) is 25.4 Å². The van der Waals surface area contributed by atoms with E-state index in [4.69, 9.17) is 10.5 Å². The standard InChI is InChI=1S/C5H10FNO/c6-4-1-2-8-3-5(4)7/h4-5H,1-3,7H2. The van der Waals surface area contributed by atoms with Crippen LogP contribution in [0.5, 0.6) is 0 Å². The Morgan fingerprint density at radius 1 is 1.62 bits per heavy atom. The summed E-state index contributed by atoms with van der Waals surface area (Å²) in [7, 11) is 0. The zero-order valence-electron chi connectivity index (χ0n) is 4.64. The lowest BCUT2D eigenvalue weighted by atomic mass is 10.1. The lowest BCUT2D eigenvalue weighted by Gasteiger charge is -2.21. The summed E-state index contributed by atoms with van der Waals surface area (Å²) in [5, 5.41) is 0. The zero-order valence-corrected chi connectivity index (χ0v) is 4.64. The van der Waals surface area contributed by atoms with E-state index in [1.165, 1.54) is 0 Å². The van der Waals surface area contributed by atoms with Crippen molar-refractivity contribution in [2.75, 3.05) is 13.2 Å². The van der Waals surface area contributed by atoms with Crippen LogP contribution in [-0.2, 0) is 4.74 Å². The third-order valence-electron chi connectivity index (χ3n) is 1.31. The largest absolute Gasteiger partial charge is 0.380 e. The van der Waals surface area contributed by atoms with Crippen molar-refractivity contribution in [1.29, 1.82) is 0 Å². The predicted molar refractivity (Wildman–Crippen MR) is 28.3 cm³/mol. The second-order valence-electron chi connectivity index (χ2n) is 2.04. The van der Waals surface area contributed by atoms with Gasteiger partial charge in [0.25, 0.3) is 0 Å². The SMILES string of the molecule is NC1COCCC1F. The Morgan fingerprint density at radius 3 is 2.75 bits per heavy atom. The Balaban J connectivity index is 2.28. The summed E-state index contributed by atoms with van der Waals surface area (Å²) in [4.78, 5) is 0. The monoisotopic (exact) mass is 119 g/mol. The van der Waals surface area contributed by atoms with Gasteiger partial charge in [-0.05, 0) is 0 Å². The molecule has 0 bridgehead atoms. The number of ether oxygens (including phenoxy) is 1. The van der Waals surface area contributed by atoms with Gasteiger partial charge in [0.15, 0.2) is 0 Å². The van der Waals surface area contributed by atoms with Gasteiger partial charge >= 0.3 is 0 Å². The first-order chi connectivity index (χ1) is 3.80. The summed E-state index contributed by atoms with van der Waals surface area (Å²) >= 11 is 0. The molecule has 1 fully saturated rings. The molecule has 48 valence electrons. The molecule has 1 aliphatic rings. The van der Waals surface area contributed by atoms with Gasteiger partial charge in [-0.2, -0.15) is 0 Å². The summed E-state index contributed by atoms with van der Waals surface area (Å²) in [6, 6.07) is -0.385. The van der Waals surface area contributed by atoms with Gasteiger partial charge in [-0.1, -0.05) is 0 Å². The molecule has 0 radical (unpaired) electrons. The molecule has 2 unspecified atom stereocenters. The van der Waals surface area contributed by atoms with Gasteiger partial charge in [0, 0.05) is 13.0 Å². The molecule has 0 spiro atoms. The highest BCUT2D eigenvalue weighted by Gasteiger charge is 2.20. The predicted octanol–water partition coefficient (Wildman–Crippen LogP) is 0.0721. The molecule has 1 rings (SSSR count). The lowest BCUT2D eigenvalue weighted by molar-refractivity contribution is 0.0341. The maximum Gasteiger partial charge on any atom is 0.120 e. The van der Waals surface area contributed by atoms with Crippen molar-refractivity contribution in [2.24, 2.45) is 5.73 Å². The number of nitrogens with two attached hydrogens (primary N) is 1. The molecule has 1 aliphatic heterocycles. The van der Waals surface area contributed by atoms with E-state index in [1.54, 1.807) is 0 Å². The van der Waals surface area contributed by atoms with Crippen LogP contribution in [0.25, 0.3) is 0 Å². The minimum absolute atomic E-state index is 0.376. The van der Waals surface area contributed by atoms with Gasteiger partial charge in [0.05, 0.1) is 12.6 Å². The smallest absolute Gasteiger partial charge is 0.120 e. The molecule has 0 aliphatic carbocycles. The molecule has 0 saturated carbocycles. The first kappa shape index (κ1) is 5.98. The van der Waals surface area contributed by atoms with Gasteiger partial charge < -0.3 is 10.5 Å². The highest BCUT2D eigenvalue weighted by molar-refractivity contribution is 4.74. The van der Waals surface area contributed by atoms with E-state index in [0.717, 1.165) is 0 Å². The first-order valence-corrected chi connectivity index (χ1v) is 2.78. The van der Waals surface area contributed by atoms with E-state index in [9.17, 15) is 4.39 Å². The topological polar surface area (TPSA) is 35.2 Å². The molecular weight excluding hydrogens is 109 g/mol. The molecule has 0 amide bonds. The quantitative estimate of drug-likeness (QED) is 0.490. The fourth-order valence-corrected chi connectivity index (χ4v) is 0.734. The summed E-state index contributed by atoms with van der Waals surface area (Å²) in [5.41, 5.74) is 5.28. The molecule has 2 atom stereocenters. The lowest BCUT2D eigenvalue weighted by Crippen LogP contribution is -2.40. The Bertz CT molecular complexity index is 68.8. The van der Waals surface area contributed by atoms with E-state index in [2.05, 4.69) is 0 Å². The fraction of sp³-hybridized carbons (Fsp3) is 1.00. The third-order valence-corrected chi connectivity index (χ3v) is 1.31. The van der Waals surface area contributed by atoms with Crippen molar-refractivity contribution in [3.8, 4) is 0 Å². The van der Waals surface area contributed by atoms with E-state index >= 15 is 0 Å². The molecule has 3 heteroatoms. The van der Waals surface area contributed by atoms with Gasteiger partial charge in [0.1, 0.15) is 6.17 Å². The molecule has 8 heavy (non-hydrogen) atoms. The Morgan fingerprint density at radius 2 is 2.38 bits per heavy atom. The fourth-order valence-electron chi connectivity index (χ4n) is 0.734. The van der Waals surface area contributed by atoms with Crippen LogP contribution >= 0.6 is 0 Å². The van der Waals surface area contributed by atoms with Crippen molar-refractivity contribution in [3.63, 3.8) is 0 Å². The van der Waals surface area contributed by atoms with Crippen LogP contribution < -0.4 is 5.73 Å². The van der Waals surface area contributed by atoms with E-state index in [0.29, 0.717) is 19.6 Å². The average molecular weight is 119 g/mol. The maximum absolute atomic E-state index is 12.4. The molecule has 2 N–H and O–H groups in total. The zero-order chi connectivity index (χ0) is 5.98. The second kappa shape index (κ2) is 2.42. The molecule has 1 heterocycles. The third kappa shape index (κ3) is 1.17. The van der Waals surface area contributed by atoms with Crippen molar-refractivity contribution in [1.82, 2.24) is 0 Å². The highest BCUT2D eigenvalue weighted by atomic mass is 19.1. The molecular formula is C5H10FNO. The summed E-state index contributed by atoms with van der Waals surface area (Å²) in [6.07, 6.45) is -0.384. The van der Waals surface area contributed by atoms with Crippen LogP contribution in [0.3, 0.4) is 0 Å².